The zero-order valence-corrected chi connectivity index (χ0v) is 15.6. The Balaban J connectivity index is 1.86. The van der Waals surface area contributed by atoms with Gasteiger partial charge in [0.15, 0.2) is 0 Å². The van der Waals surface area contributed by atoms with E-state index in [0.717, 1.165) is 5.56 Å². The molecular weight excluding hydrogens is 380 g/mol. The van der Waals surface area contributed by atoms with Crippen molar-refractivity contribution in [2.45, 2.75) is 12.6 Å². The summed E-state index contributed by atoms with van der Waals surface area (Å²) in [6.07, 6.45) is -0.919. The standard InChI is InChI=1S/C20H20N2O7/c1-28-19(26)15-9-7-14(8-10-15)17(23)21-11-16(18(24)25)22-20(27)29-12-13-5-3-2-4-6-13/h2-10,16H,11-12H2,1H3,(H,21,23)(H,22,27)(H,24,25)/t16-/m0/s1. The van der Waals surface area contributed by atoms with E-state index in [1.807, 2.05) is 6.07 Å². The number of carbonyl (C=O) groups is 4. The first-order valence-corrected chi connectivity index (χ1v) is 8.57. The van der Waals surface area contributed by atoms with Crippen LogP contribution in [0.3, 0.4) is 0 Å². The highest BCUT2D eigenvalue weighted by Gasteiger charge is 2.22. The van der Waals surface area contributed by atoms with Gasteiger partial charge in [-0.25, -0.2) is 14.4 Å². The molecule has 1 atom stereocenters. The van der Waals surface area contributed by atoms with E-state index in [1.165, 1.54) is 31.4 Å². The fourth-order valence-corrected chi connectivity index (χ4v) is 2.28. The van der Waals surface area contributed by atoms with Crippen molar-refractivity contribution in [2.24, 2.45) is 0 Å². The van der Waals surface area contributed by atoms with Crippen LogP contribution in [0.25, 0.3) is 0 Å². The van der Waals surface area contributed by atoms with Crippen LogP contribution in [-0.2, 0) is 20.9 Å². The molecule has 152 valence electrons. The zero-order valence-electron chi connectivity index (χ0n) is 15.6. The van der Waals surface area contributed by atoms with Crippen molar-refractivity contribution < 1.29 is 33.8 Å². The van der Waals surface area contributed by atoms with Crippen LogP contribution >= 0.6 is 0 Å². The largest absolute Gasteiger partial charge is 0.480 e. The van der Waals surface area contributed by atoms with Gasteiger partial charge in [-0.15, -0.1) is 0 Å². The number of carboxylic acids is 1. The Hall–Kier alpha value is -3.88. The zero-order chi connectivity index (χ0) is 21.2. The second kappa shape index (κ2) is 10.5. The number of alkyl carbamates (subject to hydrolysis) is 1. The van der Waals surface area contributed by atoms with Gasteiger partial charge in [-0.3, -0.25) is 4.79 Å². The number of esters is 1. The average molecular weight is 400 g/mol. The van der Waals surface area contributed by atoms with Gasteiger partial charge in [-0.1, -0.05) is 30.3 Å². The Kier molecular flexibility index (Phi) is 7.72. The fraction of sp³-hybridized carbons (Fsp3) is 0.200. The number of hydrogen-bond donors (Lipinski definition) is 3. The Bertz CT molecular complexity index is 866. The maximum Gasteiger partial charge on any atom is 0.408 e. The van der Waals surface area contributed by atoms with Crippen LogP contribution < -0.4 is 10.6 Å². The maximum atomic E-state index is 12.2. The predicted molar refractivity (Wildman–Crippen MR) is 101 cm³/mol. The van der Waals surface area contributed by atoms with Crippen LogP contribution in [0.1, 0.15) is 26.3 Å². The first kappa shape index (κ1) is 21.4. The minimum Gasteiger partial charge on any atom is -0.480 e. The molecule has 0 bridgehead atoms. The van der Waals surface area contributed by atoms with Crippen LogP contribution in [0.15, 0.2) is 54.6 Å². The highest BCUT2D eigenvalue weighted by molar-refractivity contribution is 5.96. The molecule has 3 N–H and O–H groups in total. The Morgan fingerprint density at radius 2 is 1.59 bits per heavy atom. The van der Waals surface area contributed by atoms with Crippen molar-refractivity contribution in [3.8, 4) is 0 Å². The predicted octanol–water partition coefficient (Wildman–Crippen LogP) is 1.58. The van der Waals surface area contributed by atoms with E-state index in [2.05, 4.69) is 15.4 Å². The van der Waals surface area contributed by atoms with Crippen molar-refractivity contribution in [3.05, 3.63) is 71.3 Å². The lowest BCUT2D eigenvalue weighted by Crippen LogP contribution is -2.48. The second-order valence-corrected chi connectivity index (χ2v) is 5.88. The lowest BCUT2D eigenvalue weighted by molar-refractivity contribution is -0.139. The SMILES string of the molecule is COC(=O)c1ccc(C(=O)NC[C@H](NC(=O)OCc2ccccc2)C(=O)O)cc1. The van der Waals surface area contributed by atoms with Crippen LogP contribution in [-0.4, -0.2) is 48.7 Å². The van der Waals surface area contributed by atoms with Crippen LogP contribution in [0.4, 0.5) is 4.79 Å². The van der Waals surface area contributed by atoms with E-state index in [4.69, 9.17) is 4.74 Å². The Labute approximate surface area is 166 Å². The molecule has 0 aliphatic carbocycles. The number of carbonyl (C=O) groups excluding carboxylic acids is 3. The number of ether oxygens (including phenoxy) is 2. The molecule has 0 aromatic heterocycles. The summed E-state index contributed by atoms with van der Waals surface area (Å²) in [5, 5.41) is 13.8. The van der Waals surface area contributed by atoms with Gasteiger partial charge in [0.25, 0.3) is 5.91 Å². The molecule has 0 radical (unpaired) electrons. The average Bonchev–Trinajstić information content (AvgIpc) is 2.75. The molecule has 0 saturated heterocycles. The first-order valence-electron chi connectivity index (χ1n) is 8.57. The molecule has 0 saturated carbocycles. The number of carboxylic acid groups (broad SMARTS) is 1. The van der Waals surface area contributed by atoms with E-state index in [9.17, 15) is 24.3 Å². The molecule has 2 aromatic carbocycles. The van der Waals surface area contributed by atoms with E-state index in [0.29, 0.717) is 0 Å². The topological polar surface area (TPSA) is 131 Å². The van der Waals surface area contributed by atoms with Crippen molar-refractivity contribution in [2.75, 3.05) is 13.7 Å². The number of benzene rings is 2. The van der Waals surface area contributed by atoms with E-state index in [1.54, 1.807) is 24.3 Å². The van der Waals surface area contributed by atoms with Crippen LogP contribution in [0, 0.1) is 0 Å². The van der Waals surface area contributed by atoms with Gasteiger partial charge in [0.1, 0.15) is 12.6 Å². The molecule has 2 amide bonds. The van der Waals surface area contributed by atoms with Crippen molar-refractivity contribution in [1.29, 1.82) is 0 Å². The Morgan fingerprint density at radius 3 is 2.17 bits per heavy atom. The van der Waals surface area contributed by atoms with Gasteiger partial charge in [0.2, 0.25) is 0 Å². The molecule has 0 fully saturated rings. The van der Waals surface area contributed by atoms with Crippen molar-refractivity contribution in [3.63, 3.8) is 0 Å². The van der Waals surface area contributed by atoms with Gasteiger partial charge in [-0.2, -0.15) is 0 Å². The molecule has 2 rings (SSSR count). The quantitative estimate of drug-likeness (QED) is 0.573. The molecule has 0 aliphatic rings. The van der Waals surface area contributed by atoms with Gasteiger partial charge in [0, 0.05) is 12.1 Å². The number of hydrogen-bond acceptors (Lipinski definition) is 6. The summed E-state index contributed by atoms with van der Waals surface area (Å²) in [6, 6.07) is 13.1. The van der Waals surface area contributed by atoms with Crippen LogP contribution in [0.2, 0.25) is 0 Å². The summed E-state index contributed by atoms with van der Waals surface area (Å²) in [6.45, 7) is -0.370. The summed E-state index contributed by atoms with van der Waals surface area (Å²) in [7, 11) is 1.24. The highest BCUT2D eigenvalue weighted by atomic mass is 16.5. The molecule has 2 aromatic rings. The van der Waals surface area contributed by atoms with E-state index < -0.39 is 30.0 Å². The van der Waals surface area contributed by atoms with Crippen molar-refractivity contribution in [1.82, 2.24) is 10.6 Å². The number of methoxy groups -OCH3 is 1. The molecule has 29 heavy (non-hydrogen) atoms. The molecule has 0 aliphatic heterocycles. The molecule has 9 heteroatoms. The summed E-state index contributed by atoms with van der Waals surface area (Å²) in [4.78, 5) is 46.7. The monoisotopic (exact) mass is 400 g/mol. The molecule has 0 unspecified atom stereocenters. The Morgan fingerprint density at radius 1 is 0.966 bits per heavy atom. The van der Waals surface area contributed by atoms with Crippen LogP contribution in [0.5, 0.6) is 0 Å². The molecule has 0 spiro atoms. The van der Waals surface area contributed by atoms with Gasteiger partial charge in [0.05, 0.1) is 12.7 Å². The normalized spacial score (nSPS) is 11.1. The highest BCUT2D eigenvalue weighted by Crippen LogP contribution is 2.06. The third-order valence-corrected chi connectivity index (χ3v) is 3.84. The van der Waals surface area contributed by atoms with Gasteiger partial charge >= 0.3 is 18.0 Å². The summed E-state index contributed by atoms with van der Waals surface area (Å²) in [5.74, 6) is -2.43. The van der Waals surface area contributed by atoms with Crippen molar-refractivity contribution >= 4 is 23.9 Å². The van der Waals surface area contributed by atoms with E-state index >= 15 is 0 Å². The minimum absolute atomic E-state index is 0.0160. The lowest BCUT2D eigenvalue weighted by atomic mass is 10.1. The summed E-state index contributed by atoms with van der Waals surface area (Å²) in [5.41, 5.74) is 1.24. The van der Waals surface area contributed by atoms with Gasteiger partial charge in [-0.05, 0) is 29.8 Å². The lowest BCUT2D eigenvalue weighted by Gasteiger charge is -2.15. The maximum absolute atomic E-state index is 12.2. The third-order valence-electron chi connectivity index (χ3n) is 3.84. The number of rotatable bonds is 8. The number of aliphatic carboxylic acids is 1. The smallest absolute Gasteiger partial charge is 0.408 e. The van der Waals surface area contributed by atoms with Gasteiger partial charge < -0.3 is 25.2 Å². The fourth-order valence-electron chi connectivity index (χ4n) is 2.28. The third kappa shape index (κ3) is 6.65. The summed E-state index contributed by atoms with van der Waals surface area (Å²) >= 11 is 0. The number of nitrogens with one attached hydrogen (secondary N) is 2. The first-order chi connectivity index (χ1) is 13.9. The summed E-state index contributed by atoms with van der Waals surface area (Å²) < 4.78 is 9.55. The molecule has 9 nitrogen and oxygen atoms in total. The van der Waals surface area contributed by atoms with E-state index in [-0.39, 0.29) is 24.3 Å². The second-order valence-electron chi connectivity index (χ2n) is 5.88. The molecule has 0 heterocycles. The minimum atomic E-state index is -1.38. The number of amides is 2. The molecular formula is C20H20N2O7.